The Hall–Kier alpha value is -3.53. The number of hydrogen-bond acceptors (Lipinski definition) is 8. The molecule has 9 heteroatoms. The SMILES string of the molecule is CC/C=C\C/C=C\C/C=C\C/C=C\CCCCCCCCCCCCC(=O)OC(COC(=O)CCCCCCCCCCCCCCCCCCCCCCCCCC/C=C\C/C=C\C/C=C\CCCCCCC)COC(OCC[N+](C)(C)C)C(=O)[O-]. The summed E-state index contributed by atoms with van der Waals surface area (Å²) in [6, 6.07) is 0. The number of aliphatic carboxylic acids is 1. The number of carbonyl (C=O) groups is 3. The molecule has 87 heavy (non-hydrogen) atoms. The van der Waals surface area contributed by atoms with E-state index in [1.54, 1.807) is 0 Å². The highest BCUT2D eigenvalue weighted by Gasteiger charge is 2.22. The highest BCUT2D eigenvalue weighted by atomic mass is 16.7. The number of carbonyl (C=O) groups excluding carboxylic acids is 3. The minimum atomic E-state index is -1.63. The normalized spacial score (nSPS) is 13.2. The molecule has 2 unspecified atom stereocenters. The Morgan fingerprint density at radius 2 is 0.655 bits per heavy atom. The molecule has 504 valence electrons. The van der Waals surface area contributed by atoms with Gasteiger partial charge in [0.2, 0.25) is 0 Å². The van der Waals surface area contributed by atoms with E-state index < -0.39 is 24.3 Å². The number of rotatable bonds is 68. The smallest absolute Gasteiger partial charge is 0.306 e. The summed E-state index contributed by atoms with van der Waals surface area (Å²) in [5.41, 5.74) is 0. The van der Waals surface area contributed by atoms with Gasteiger partial charge in [-0.2, -0.15) is 0 Å². The van der Waals surface area contributed by atoms with Gasteiger partial charge in [-0.1, -0.05) is 317 Å². The van der Waals surface area contributed by atoms with E-state index in [1.807, 2.05) is 21.1 Å². The highest BCUT2D eigenvalue weighted by Crippen LogP contribution is 2.18. The number of likely N-dealkylation sites (N-methyl/N-ethyl adjacent to an activating group) is 1. The van der Waals surface area contributed by atoms with E-state index in [2.05, 4.69) is 98.9 Å². The number of allylic oxidation sites excluding steroid dienone is 14. The summed E-state index contributed by atoms with van der Waals surface area (Å²) in [5.74, 6) is -2.27. The minimum Gasteiger partial charge on any atom is -0.545 e. The van der Waals surface area contributed by atoms with E-state index in [1.165, 1.54) is 218 Å². The van der Waals surface area contributed by atoms with Gasteiger partial charge in [-0.05, 0) is 89.9 Å². The zero-order valence-electron chi connectivity index (χ0n) is 57.6. The van der Waals surface area contributed by atoms with Crippen molar-refractivity contribution in [2.75, 3.05) is 47.5 Å². The van der Waals surface area contributed by atoms with Crippen LogP contribution in [0, 0.1) is 0 Å². The third kappa shape index (κ3) is 69.8. The van der Waals surface area contributed by atoms with Crippen molar-refractivity contribution in [3.8, 4) is 0 Å². The largest absolute Gasteiger partial charge is 0.545 e. The van der Waals surface area contributed by atoms with Crippen LogP contribution in [0.4, 0.5) is 0 Å². The van der Waals surface area contributed by atoms with Gasteiger partial charge in [-0.25, -0.2) is 0 Å². The van der Waals surface area contributed by atoms with Gasteiger partial charge in [0, 0.05) is 12.8 Å². The molecule has 0 amide bonds. The lowest BCUT2D eigenvalue weighted by atomic mass is 10.0. The lowest BCUT2D eigenvalue weighted by molar-refractivity contribution is -0.870. The standard InChI is InChI=1S/C78H139NO8/c1-6-8-10-12-14-16-18-20-22-24-26-28-30-31-32-33-34-35-36-37-38-39-40-41-42-43-44-45-47-48-50-52-54-56-58-60-62-64-66-68-75(80)85-72-74(73-86-78(77(82)83)84-71-70-79(3,4)5)87-76(81)69-67-65-63-61-59-57-55-53-51-49-46-29-27-25-23-21-19-17-15-13-11-9-7-2/h9,11,15,17-18,20-21,23-24,26-27,29-31,74,78H,6-8,10,12-14,16,19,22,25,28,32-73H2,1-5H3/b11-9-,17-15-,20-18-,23-21-,26-24-,29-27-,31-30-. The van der Waals surface area contributed by atoms with Crippen molar-refractivity contribution in [2.24, 2.45) is 0 Å². The molecule has 0 bridgehead atoms. The van der Waals surface area contributed by atoms with E-state index in [0.29, 0.717) is 23.9 Å². The van der Waals surface area contributed by atoms with Gasteiger partial charge >= 0.3 is 11.9 Å². The Bertz CT molecular complexity index is 1700. The van der Waals surface area contributed by atoms with Crippen molar-refractivity contribution in [1.29, 1.82) is 0 Å². The van der Waals surface area contributed by atoms with Crippen LogP contribution in [-0.2, 0) is 33.3 Å². The number of carboxylic acid groups (broad SMARTS) is 1. The molecule has 9 nitrogen and oxygen atoms in total. The molecule has 0 saturated heterocycles. The molecule has 0 aromatic rings. The Labute approximate surface area is 538 Å². The monoisotopic (exact) mass is 1220 g/mol. The Morgan fingerprint density at radius 1 is 0.356 bits per heavy atom. The second kappa shape index (κ2) is 68.4. The van der Waals surface area contributed by atoms with E-state index in [-0.39, 0.29) is 32.2 Å². The first-order valence-electron chi connectivity index (χ1n) is 36.7. The van der Waals surface area contributed by atoms with Crippen LogP contribution in [0.3, 0.4) is 0 Å². The number of esters is 2. The second-order valence-corrected chi connectivity index (χ2v) is 25.9. The van der Waals surface area contributed by atoms with Crippen LogP contribution in [0.2, 0.25) is 0 Å². The molecule has 0 aromatic heterocycles. The lowest BCUT2D eigenvalue weighted by Crippen LogP contribution is -2.44. The quantitative estimate of drug-likeness (QED) is 0.0195. The summed E-state index contributed by atoms with van der Waals surface area (Å²) in [6.07, 6.45) is 89.7. The van der Waals surface area contributed by atoms with Gasteiger partial charge in [0.1, 0.15) is 13.2 Å². The van der Waals surface area contributed by atoms with Gasteiger partial charge in [0.05, 0.1) is 40.3 Å². The van der Waals surface area contributed by atoms with Gasteiger partial charge in [-0.15, -0.1) is 0 Å². The maximum Gasteiger partial charge on any atom is 0.306 e. The van der Waals surface area contributed by atoms with Crippen LogP contribution < -0.4 is 5.11 Å². The summed E-state index contributed by atoms with van der Waals surface area (Å²) in [5, 5.41) is 11.8. The summed E-state index contributed by atoms with van der Waals surface area (Å²) >= 11 is 0. The zero-order chi connectivity index (χ0) is 63.3. The molecule has 0 rings (SSSR count). The number of unbranched alkanes of at least 4 members (excludes halogenated alkanes) is 39. The minimum absolute atomic E-state index is 0.146. The maximum absolute atomic E-state index is 12.9. The molecule has 0 fully saturated rings. The number of quaternary nitrogens is 1. The lowest BCUT2D eigenvalue weighted by Gasteiger charge is -2.26. The average molecular weight is 1220 g/mol. The number of ether oxygens (including phenoxy) is 4. The van der Waals surface area contributed by atoms with Crippen molar-refractivity contribution in [2.45, 2.75) is 347 Å². The highest BCUT2D eigenvalue weighted by molar-refractivity contribution is 5.70. The maximum atomic E-state index is 12.9. The molecule has 0 aliphatic carbocycles. The Morgan fingerprint density at radius 3 is 0.977 bits per heavy atom. The van der Waals surface area contributed by atoms with Crippen LogP contribution >= 0.6 is 0 Å². The molecule has 0 aliphatic rings. The Kier molecular flexibility index (Phi) is 65.6. The fraction of sp³-hybridized carbons (Fsp3) is 0.782. The number of carboxylic acids is 1. The van der Waals surface area contributed by atoms with Crippen LogP contribution in [0.1, 0.15) is 335 Å². The summed E-state index contributed by atoms with van der Waals surface area (Å²) in [6.45, 7) is 4.66. The second-order valence-electron chi connectivity index (χ2n) is 25.9. The topological polar surface area (TPSA) is 111 Å². The average Bonchev–Trinajstić information content (AvgIpc) is 3.50. The van der Waals surface area contributed by atoms with Crippen LogP contribution in [-0.4, -0.2) is 82.3 Å². The Balaban J connectivity index is 3.99. The summed E-state index contributed by atoms with van der Waals surface area (Å²) in [7, 11) is 5.93. The first kappa shape index (κ1) is 83.5. The van der Waals surface area contributed by atoms with E-state index >= 15 is 0 Å². The fourth-order valence-electron chi connectivity index (χ4n) is 10.5. The van der Waals surface area contributed by atoms with Crippen LogP contribution in [0.15, 0.2) is 85.1 Å². The van der Waals surface area contributed by atoms with E-state index in [0.717, 1.165) is 83.5 Å². The number of nitrogens with zero attached hydrogens (tertiary/aromatic N) is 1. The summed E-state index contributed by atoms with van der Waals surface area (Å²) < 4.78 is 22.8. The molecule has 0 heterocycles. The van der Waals surface area contributed by atoms with E-state index in [9.17, 15) is 19.5 Å². The molecule has 2 atom stereocenters. The molecule has 0 aromatic carbocycles. The van der Waals surface area contributed by atoms with E-state index in [4.69, 9.17) is 18.9 Å². The van der Waals surface area contributed by atoms with Crippen LogP contribution in [0.25, 0.3) is 0 Å². The predicted molar refractivity (Wildman–Crippen MR) is 371 cm³/mol. The molecule has 0 radical (unpaired) electrons. The van der Waals surface area contributed by atoms with Crippen molar-refractivity contribution in [3.05, 3.63) is 85.1 Å². The molecule has 0 saturated carbocycles. The fourth-order valence-corrected chi connectivity index (χ4v) is 10.5. The van der Waals surface area contributed by atoms with Crippen molar-refractivity contribution in [1.82, 2.24) is 0 Å². The first-order valence-corrected chi connectivity index (χ1v) is 36.7. The molecule has 0 N–H and O–H groups in total. The predicted octanol–water partition coefficient (Wildman–Crippen LogP) is 21.7. The third-order valence-corrected chi connectivity index (χ3v) is 16.1. The molecular formula is C78H139NO8. The van der Waals surface area contributed by atoms with Gasteiger partial charge in [0.25, 0.3) is 0 Å². The van der Waals surface area contributed by atoms with Gasteiger partial charge < -0.3 is 33.3 Å². The first-order chi connectivity index (χ1) is 42.6. The molecule has 0 spiro atoms. The molecular weight excluding hydrogens is 1080 g/mol. The van der Waals surface area contributed by atoms with Gasteiger partial charge in [0.15, 0.2) is 12.4 Å². The van der Waals surface area contributed by atoms with Crippen molar-refractivity contribution >= 4 is 17.9 Å². The number of hydrogen-bond donors (Lipinski definition) is 0. The van der Waals surface area contributed by atoms with Crippen molar-refractivity contribution in [3.63, 3.8) is 0 Å². The summed E-state index contributed by atoms with van der Waals surface area (Å²) in [4.78, 5) is 37.5. The zero-order valence-corrected chi connectivity index (χ0v) is 57.6. The van der Waals surface area contributed by atoms with Gasteiger partial charge in [-0.3, -0.25) is 9.59 Å². The van der Waals surface area contributed by atoms with Crippen LogP contribution in [0.5, 0.6) is 0 Å². The third-order valence-electron chi connectivity index (χ3n) is 16.1. The molecule has 0 aliphatic heterocycles. The van der Waals surface area contributed by atoms with Crippen molar-refractivity contribution < 1.29 is 42.9 Å².